The van der Waals surface area contributed by atoms with Crippen molar-refractivity contribution in [2.45, 2.75) is 38.5 Å². The molecule has 0 spiro atoms. The van der Waals surface area contributed by atoms with Crippen molar-refractivity contribution in [3.63, 3.8) is 0 Å². The lowest BCUT2D eigenvalue weighted by Crippen LogP contribution is -2.18. The summed E-state index contributed by atoms with van der Waals surface area (Å²) in [5, 5.41) is 21.4. The first kappa shape index (κ1) is 13.1. The number of phenols is 1. The molecule has 0 aliphatic heterocycles. The topological polar surface area (TPSA) is 75.7 Å². The van der Waals surface area contributed by atoms with E-state index in [0.717, 1.165) is 36.1 Å². The van der Waals surface area contributed by atoms with Gasteiger partial charge in [-0.1, -0.05) is 12.8 Å². The highest BCUT2D eigenvalue weighted by Crippen LogP contribution is 2.52. The van der Waals surface area contributed by atoms with E-state index in [1.165, 1.54) is 12.5 Å². The molecular formula is C15H18N2O3. The lowest BCUT2D eigenvalue weighted by atomic mass is 9.78. The average Bonchev–Trinajstić information content (AvgIpc) is 2.77. The summed E-state index contributed by atoms with van der Waals surface area (Å²) >= 11 is 0. The normalized spacial score (nSPS) is 26.4. The van der Waals surface area contributed by atoms with E-state index in [0.29, 0.717) is 17.4 Å². The van der Waals surface area contributed by atoms with Gasteiger partial charge in [-0.3, -0.25) is 15.1 Å². The molecule has 0 heterocycles. The first-order chi connectivity index (χ1) is 9.56. The van der Waals surface area contributed by atoms with Crippen molar-refractivity contribution >= 4 is 11.4 Å². The molecule has 5 heteroatoms. The summed E-state index contributed by atoms with van der Waals surface area (Å²) in [4.78, 5) is 14.9. The van der Waals surface area contributed by atoms with E-state index in [2.05, 4.69) is 4.99 Å². The lowest BCUT2D eigenvalue weighted by Gasteiger charge is -2.26. The fourth-order valence-electron chi connectivity index (χ4n) is 3.95. The fourth-order valence-corrected chi connectivity index (χ4v) is 3.95. The number of nitrogens with zero attached hydrogens (tertiary/aromatic N) is 2. The van der Waals surface area contributed by atoms with Crippen LogP contribution in [-0.2, 0) is 0 Å². The van der Waals surface area contributed by atoms with Crippen LogP contribution in [0.25, 0.3) is 0 Å². The molecule has 0 aromatic heterocycles. The maximum Gasteiger partial charge on any atom is 0.311 e. The number of aromatic hydroxyl groups is 1. The van der Waals surface area contributed by atoms with Gasteiger partial charge >= 0.3 is 5.69 Å². The van der Waals surface area contributed by atoms with Gasteiger partial charge in [-0.25, -0.2) is 0 Å². The largest absolute Gasteiger partial charge is 0.502 e. The molecule has 1 N–H and O–H groups in total. The van der Waals surface area contributed by atoms with Crippen LogP contribution in [0.5, 0.6) is 5.75 Å². The van der Waals surface area contributed by atoms with Gasteiger partial charge in [0.2, 0.25) is 5.75 Å². The van der Waals surface area contributed by atoms with Crippen LogP contribution in [0.2, 0.25) is 0 Å². The Labute approximate surface area is 117 Å². The average molecular weight is 274 g/mol. The van der Waals surface area contributed by atoms with Crippen LogP contribution in [-0.4, -0.2) is 22.8 Å². The van der Waals surface area contributed by atoms with Gasteiger partial charge < -0.3 is 5.11 Å². The van der Waals surface area contributed by atoms with Crippen LogP contribution >= 0.6 is 0 Å². The van der Waals surface area contributed by atoms with Crippen LogP contribution < -0.4 is 0 Å². The molecule has 0 saturated heterocycles. The summed E-state index contributed by atoms with van der Waals surface area (Å²) in [5.74, 6) is 0.477. The van der Waals surface area contributed by atoms with E-state index in [1.54, 1.807) is 7.05 Å². The molecule has 0 bridgehead atoms. The van der Waals surface area contributed by atoms with Crippen molar-refractivity contribution in [1.29, 1.82) is 0 Å². The fraction of sp³-hybridized carbons (Fsp3) is 0.533. The van der Waals surface area contributed by atoms with Gasteiger partial charge in [-0.05, 0) is 36.8 Å². The molecule has 20 heavy (non-hydrogen) atoms. The number of hydrogen-bond acceptors (Lipinski definition) is 4. The van der Waals surface area contributed by atoms with E-state index in [9.17, 15) is 15.2 Å². The Bertz CT molecular complexity index is 622. The summed E-state index contributed by atoms with van der Waals surface area (Å²) in [7, 11) is 1.71. The number of phenolic OH excluding ortho intramolecular Hbond substituents is 1. The van der Waals surface area contributed by atoms with Crippen molar-refractivity contribution in [3.05, 3.63) is 32.9 Å². The first-order valence-corrected chi connectivity index (χ1v) is 7.04. The Morgan fingerprint density at radius 3 is 2.60 bits per heavy atom. The van der Waals surface area contributed by atoms with E-state index in [4.69, 9.17) is 0 Å². The van der Waals surface area contributed by atoms with Crippen LogP contribution in [0.4, 0.5) is 5.69 Å². The summed E-state index contributed by atoms with van der Waals surface area (Å²) in [6, 6.07) is 1.50. The molecule has 3 rings (SSSR count). The molecule has 2 aliphatic rings. The van der Waals surface area contributed by atoms with Gasteiger partial charge in [0, 0.05) is 30.3 Å². The molecule has 1 aromatic rings. The molecular weight excluding hydrogens is 256 g/mol. The molecule has 1 saturated carbocycles. The quantitative estimate of drug-likeness (QED) is 0.630. The summed E-state index contributed by atoms with van der Waals surface area (Å²) in [5.41, 5.74) is 3.27. The highest BCUT2D eigenvalue weighted by atomic mass is 16.6. The highest BCUT2D eigenvalue weighted by Gasteiger charge is 2.43. The van der Waals surface area contributed by atoms with E-state index in [-0.39, 0.29) is 11.4 Å². The number of aliphatic imine (C=N–C) groups is 1. The number of benzene rings is 1. The molecule has 2 unspecified atom stereocenters. The summed E-state index contributed by atoms with van der Waals surface area (Å²) < 4.78 is 0. The van der Waals surface area contributed by atoms with Gasteiger partial charge in [-0.15, -0.1) is 0 Å². The van der Waals surface area contributed by atoms with Gasteiger partial charge in [-0.2, -0.15) is 0 Å². The van der Waals surface area contributed by atoms with Crippen LogP contribution in [0.3, 0.4) is 0 Å². The SMILES string of the molecule is CN=C1c2c(O)c([N+](=O)[O-])cc(C)c2C2CCCCC12. The van der Waals surface area contributed by atoms with Crippen LogP contribution in [0, 0.1) is 23.0 Å². The second kappa shape index (κ2) is 4.58. The minimum Gasteiger partial charge on any atom is -0.502 e. The molecule has 106 valence electrons. The van der Waals surface area contributed by atoms with Crippen LogP contribution in [0.15, 0.2) is 11.1 Å². The number of aryl methyl sites for hydroxylation is 1. The number of nitro benzene ring substituents is 1. The van der Waals surface area contributed by atoms with Crippen molar-refractivity contribution in [2.24, 2.45) is 10.9 Å². The monoisotopic (exact) mass is 274 g/mol. The highest BCUT2D eigenvalue weighted by molar-refractivity contribution is 6.10. The summed E-state index contributed by atoms with van der Waals surface area (Å²) in [6.07, 6.45) is 4.47. The third-order valence-corrected chi connectivity index (χ3v) is 4.71. The molecule has 2 aliphatic carbocycles. The molecule has 0 radical (unpaired) electrons. The Kier molecular flexibility index (Phi) is 3.00. The maximum absolute atomic E-state index is 11.1. The maximum atomic E-state index is 11.1. The summed E-state index contributed by atoms with van der Waals surface area (Å²) in [6.45, 7) is 1.90. The van der Waals surface area contributed by atoms with Crippen molar-refractivity contribution in [2.75, 3.05) is 7.05 Å². The number of hydrogen-bond donors (Lipinski definition) is 1. The zero-order valence-electron chi connectivity index (χ0n) is 11.7. The van der Waals surface area contributed by atoms with Gasteiger partial charge in [0.1, 0.15) is 0 Å². The Hall–Kier alpha value is -1.91. The van der Waals surface area contributed by atoms with E-state index >= 15 is 0 Å². The van der Waals surface area contributed by atoms with Crippen molar-refractivity contribution in [3.8, 4) is 5.75 Å². The molecule has 5 nitrogen and oxygen atoms in total. The Morgan fingerprint density at radius 2 is 2.00 bits per heavy atom. The molecule has 2 atom stereocenters. The number of fused-ring (bicyclic) bond motifs is 3. The third kappa shape index (κ3) is 1.65. The Morgan fingerprint density at radius 1 is 1.35 bits per heavy atom. The van der Waals surface area contributed by atoms with Gasteiger partial charge in [0.25, 0.3) is 0 Å². The van der Waals surface area contributed by atoms with Crippen molar-refractivity contribution < 1.29 is 10.0 Å². The molecule has 1 fully saturated rings. The third-order valence-electron chi connectivity index (χ3n) is 4.71. The Balaban J connectivity index is 2.28. The predicted molar refractivity (Wildman–Crippen MR) is 76.7 cm³/mol. The first-order valence-electron chi connectivity index (χ1n) is 7.04. The van der Waals surface area contributed by atoms with Crippen molar-refractivity contribution in [1.82, 2.24) is 0 Å². The minimum atomic E-state index is -0.516. The minimum absolute atomic E-state index is 0.203. The van der Waals surface area contributed by atoms with Crippen LogP contribution in [0.1, 0.15) is 48.3 Å². The second-order valence-corrected chi connectivity index (χ2v) is 5.71. The smallest absolute Gasteiger partial charge is 0.311 e. The number of nitro groups is 1. The zero-order chi connectivity index (χ0) is 14.4. The predicted octanol–water partition coefficient (Wildman–Crippen LogP) is 3.32. The zero-order valence-corrected chi connectivity index (χ0v) is 11.7. The lowest BCUT2D eigenvalue weighted by molar-refractivity contribution is -0.385. The number of rotatable bonds is 1. The standard InChI is InChI=1S/C15H18N2O3/c1-8-7-11(17(19)20)15(18)13-12(8)9-5-3-4-6-10(9)14(13)16-2/h7,9-10,18H,3-6H2,1-2H3. The van der Waals surface area contributed by atoms with Gasteiger partial charge in [0.15, 0.2) is 0 Å². The molecule has 1 aromatic carbocycles. The molecule has 0 amide bonds. The second-order valence-electron chi connectivity index (χ2n) is 5.71. The van der Waals surface area contributed by atoms with Gasteiger partial charge in [0.05, 0.1) is 4.92 Å². The van der Waals surface area contributed by atoms with E-state index in [1.807, 2.05) is 6.92 Å². The van der Waals surface area contributed by atoms with E-state index < -0.39 is 4.92 Å².